The summed E-state index contributed by atoms with van der Waals surface area (Å²) in [6.07, 6.45) is 3.04. The van der Waals surface area contributed by atoms with Crippen LogP contribution >= 0.6 is 11.6 Å². The third-order valence-corrected chi connectivity index (χ3v) is 5.85. The molecule has 1 aliphatic rings. The van der Waals surface area contributed by atoms with Gasteiger partial charge in [0.2, 0.25) is 5.91 Å². The van der Waals surface area contributed by atoms with E-state index in [0.717, 1.165) is 0 Å². The van der Waals surface area contributed by atoms with Gasteiger partial charge in [0.25, 0.3) is 0 Å². The number of aromatic nitrogens is 2. The molecule has 176 valence electrons. The van der Waals surface area contributed by atoms with Crippen molar-refractivity contribution < 1.29 is 18.4 Å². The normalized spacial score (nSPS) is 14.0. The lowest BCUT2D eigenvalue weighted by Crippen LogP contribution is -2.51. The zero-order valence-corrected chi connectivity index (χ0v) is 19.1. The molecule has 10 heteroatoms. The van der Waals surface area contributed by atoms with Crippen molar-refractivity contribution in [2.75, 3.05) is 31.5 Å². The topological polar surface area (TPSA) is 70.5 Å². The maximum Gasteiger partial charge on any atom is 0.321 e. The molecule has 4 rings (SSSR count). The minimum atomic E-state index is -0.377. The van der Waals surface area contributed by atoms with Gasteiger partial charge in [-0.25, -0.2) is 18.3 Å². The fraction of sp³-hybridized carbons (Fsp3) is 0.208. The molecule has 2 aromatic carbocycles. The second-order valence-corrected chi connectivity index (χ2v) is 8.12. The molecule has 1 aromatic heterocycles. The predicted molar refractivity (Wildman–Crippen MR) is 126 cm³/mol. The number of rotatable bonds is 4. The second-order valence-electron chi connectivity index (χ2n) is 7.76. The lowest BCUT2D eigenvalue weighted by Gasteiger charge is -2.34. The SMILES string of the molecule is Cc1nn(-c2ccc(F)cc2)c(Cl)c1/C=C/C(=O)N1CCN(C(=O)Nc2ccc(F)cc2)CC1. The minimum Gasteiger partial charge on any atom is -0.336 e. The quantitative estimate of drug-likeness (QED) is 0.553. The highest BCUT2D eigenvalue weighted by molar-refractivity contribution is 6.31. The molecule has 1 aliphatic heterocycles. The molecule has 1 saturated heterocycles. The van der Waals surface area contributed by atoms with Crippen LogP contribution in [-0.4, -0.2) is 57.7 Å². The lowest BCUT2D eigenvalue weighted by molar-refractivity contribution is -0.127. The Labute approximate surface area is 200 Å². The van der Waals surface area contributed by atoms with Crippen LogP contribution in [0.3, 0.4) is 0 Å². The molecular weight excluding hydrogens is 464 g/mol. The molecule has 0 unspecified atom stereocenters. The van der Waals surface area contributed by atoms with E-state index in [1.165, 1.54) is 47.2 Å². The minimum absolute atomic E-state index is 0.205. The van der Waals surface area contributed by atoms with Crippen LogP contribution in [0.4, 0.5) is 19.3 Å². The van der Waals surface area contributed by atoms with Crippen molar-refractivity contribution in [3.05, 3.63) is 82.7 Å². The first-order valence-electron chi connectivity index (χ1n) is 10.6. The fourth-order valence-electron chi connectivity index (χ4n) is 3.58. The van der Waals surface area contributed by atoms with Crippen LogP contribution < -0.4 is 5.32 Å². The monoisotopic (exact) mass is 485 g/mol. The molecule has 0 aliphatic carbocycles. The van der Waals surface area contributed by atoms with Crippen molar-refractivity contribution in [3.63, 3.8) is 0 Å². The molecule has 7 nitrogen and oxygen atoms in total. The number of amides is 3. The van der Waals surface area contributed by atoms with Gasteiger partial charge in [0, 0.05) is 43.5 Å². The second kappa shape index (κ2) is 10.0. The number of halogens is 3. The Balaban J connectivity index is 1.35. The third kappa shape index (κ3) is 5.26. The van der Waals surface area contributed by atoms with Gasteiger partial charge in [-0.2, -0.15) is 5.10 Å². The third-order valence-electron chi connectivity index (χ3n) is 5.49. The zero-order chi connectivity index (χ0) is 24.2. The molecule has 3 amide bonds. The van der Waals surface area contributed by atoms with E-state index in [2.05, 4.69) is 10.4 Å². The van der Waals surface area contributed by atoms with Crippen molar-refractivity contribution >= 4 is 35.3 Å². The van der Waals surface area contributed by atoms with Crippen molar-refractivity contribution in [1.82, 2.24) is 19.6 Å². The number of piperazine rings is 1. The highest BCUT2D eigenvalue weighted by Gasteiger charge is 2.23. The molecular formula is C24H22ClF2N5O2. The Kier molecular flexibility index (Phi) is 6.93. The van der Waals surface area contributed by atoms with E-state index in [0.29, 0.717) is 54.0 Å². The van der Waals surface area contributed by atoms with Crippen LogP contribution in [0.5, 0.6) is 0 Å². The first kappa shape index (κ1) is 23.4. The lowest BCUT2D eigenvalue weighted by atomic mass is 10.2. The number of carbonyl (C=O) groups is 2. The van der Waals surface area contributed by atoms with Gasteiger partial charge in [-0.1, -0.05) is 11.6 Å². The molecule has 0 spiro atoms. The Morgan fingerprint density at radius 2 is 1.50 bits per heavy atom. The number of carbonyl (C=O) groups excluding carboxylic acids is 2. The predicted octanol–water partition coefficient (Wildman–Crippen LogP) is 4.50. The molecule has 3 aromatic rings. The van der Waals surface area contributed by atoms with Crippen molar-refractivity contribution in [3.8, 4) is 5.69 Å². The summed E-state index contributed by atoms with van der Waals surface area (Å²) in [5.74, 6) is -0.941. The largest absolute Gasteiger partial charge is 0.336 e. The Hall–Kier alpha value is -3.72. The molecule has 34 heavy (non-hydrogen) atoms. The van der Waals surface area contributed by atoms with Crippen LogP contribution in [0.1, 0.15) is 11.3 Å². The van der Waals surface area contributed by atoms with Crippen molar-refractivity contribution in [1.29, 1.82) is 0 Å². The Bertz CT molecular complexity index is 1220. The van der Waals surface area contributed by atoms with Gasteiger partial charge in [0.05, 0.1) is 11.4 Å². The van der Waals surface area contributed by atoms with Crippen molar-refractivity contribution in [2.24, 2.45) is 0 Å². The van der Waals surface area contributed by atoms with E-state index in [1.807, 2.05) is 0 Å². The summed E-state index contributed by atoms with van der Waals surface area (Å²) in [6.45, 7) is 3.27. The fourth-order valence-corrected chi connectivity index (χ4v) is 3.91. The summed E-state index contributed by atoms with van der Waals surface area (Å²) in [4.78, 5) is 28.3. The van der Waals surface area contributed by atoms with Gasteiger partial charge in [0.15, 0.2) is 0 Å². The number of hydrogen-bond donors (Lipinski definition) is 1. The molecule has 2 heterocycles. The summed E-state index contributed by atoms with van der Waals surface area (Å²) in [5.41, 5.74) is 2.33. The zero-order valence-electron chi connectivity index (χ0n) is 18.3. The number of benzene rings is 2. The van der Waals surface area contributed by atoms with Gasteiger partial charge in [-0.3, -0.25) is 4.79 Å². The Morgan fingerprint density at radius 3 is 2.12 bits per heavy atom. The maximum atomic E-state index is 13.2. The van der Waals surface area contributed by atoms with Crippen LogP contribution in [0, 0.1) is 18.6 Å². The average molecular weight is 486 g/mol. The molecule has 1 fully saturated rings. The number of anilines is 1. The standard InChI is InChI=1S/C24H22ClF2N5O2/c1-16-21(23(25)32(29-16)20-8-4-18(27)5-9-20)10-11-22(33)30-12-14-31(15-13-30)24(34)28-19-6-2-17(26)3-7-19/h2-11H,12-15H2,1H3,(H,28,34)/b11-10+. The first-order chi connectivity index (χ1) is 16.3. The highest BCUT2D eigenvalue weighted by Crippen LogP contribution is 2.25. The number of nitrogens with zero attached hydrogens (tertiary/aromatic N) is 4. The summed E-state index contributed by atoms with van der Waals surface area (Å²) in [5, 5.41) is 7.42. The number of hydrogen-bond acceptors (Lipinski definition) is 3. The molecule has 1 N–H and O–H groups in total. The number of urea groups is 1. The average Bonchev–Trinajstić information content (AvgIpc) is 3.12. The smallest absolute Gasteiger partial charge is 0.321 e. The summed E-state index contributed by atoms with van der Waals surface area (Å²) < 4.78 is 27.7. The highest BCUT2D eigenvalue weighted by atomic mass is 35.5. The first-order valence-corrected chi connectivity index (χ1v) is 11.0. The number of aryl methyl sites for hydroxylation is 1. The van der Waals surface area contributed by atoms with E-state index in [9.17, 15) is 18.4 Å². The van der Waals surface area contributed by atoms with Gasteiger partial charge in [-0.15, -0.1) is 0 Å². The van der Waals surface area contributed by atoms with Gasteiger partial charge in [-0.05, 0) is 61.5 Å². The molecule has 0 atom stereocenters. The van der Waals surface area contributed by atoms with Gasteiger partial charge < -0.3 is 15.1 Å². The van der Waals surface area contributed by atoms with Crippen molar-refractivity contribution in [2.45, 2.75) is 6.92 Å². The van der Waals surface area contributed by atoms with Crippen LogP contribution in [0.25, 0.3) is 11.8 Å². The maximum absolute atomic E-state index is 13.2. The van der Waals surface area contributed by atoms with Gasteiger partial charge in [0.1, 0.15) is 16.8 Å². The van der Waals surface area contributed by atoms with Crippen LogP contribution in [-0.2, 0) is 4.79 Å². The van der Waals surface area contributed by atoms with E-state index >= 15 is 0 Å². The summed E-state index contributed by atoms with van der Waals surface area (Å²) in [6, 6.07) is 11.0. The van der Waals surface area contributed by atoms with E-state index in [-0.39, 0.29) is 23.6 Å². The summed E-state index contributed by atoms with van der Waals surface area (Å²) >= 11 is 6.46. The van der Waals surface area contributed by atoms with Crippen LogP contribution in [0.2, 0.25) is 5.15 Å². The summed E-state index contributed by atoms with van der Waals surface area (Å²) in [7, 11) is 0. The number of nitrogens with one attached hydrogen (secondary N) is 1. The molecule has 0 saturated carbocycles. The van der Waals surface area contributed by atoms with E-state index in [1.54, 1.807) is 34.9 Å². The van der Waals surface area contributed by atoms with E-state index in [4.69, 9.17) is 11.6 Å². The Morgan fingerprint density at radius 1 is 0.941 bits per heavy atom. The molecule has 0 bridgehead atoms. The van der Waals surface area contributed by atoms with Crippen LogP contribution in [0.15, 0.2) is 54.6 Å². The van der Waals surface area contributed by atoms with E-state index < -0.39 is 0 Å². The van der Waals surface area contributed by atoms with Gasteiger partial charge >= 0.3 is 6.03 Å². The molecule has 0 radical (unpaired) electrons.